The van der Waals surface area contributed by atoms with E-state index in [2.05, 4.69) is 0 Å². The summed E-state index contributed by atoms with van der Waals surface area (Å²) >= 11 is 7.24. The second kappa shape index (κ2) is 4.36. The van der Waals surface area contributed by atoms with Gasteiger partial charge >= 0.3 is 0 Å². The summed E-state index contributed by atoms with van der Waals surface area (Å²) in [7, 11) is 0. The number of hydrogen-bond donors (Lipinski definition) is 0. The zero-order valence-corrected chi connectivity index (χ0v) is 10.0. The Morgan fingerprint density at radius 1 is 1.31 bits per heavy atom. The minimum Gasteiger partial charge on any atom is -0.288 e. The number of benzene rings is 1. The number of hydrogen-bond acceptors (Lipinski definition) is 2. The predicted molar refractivity (Wildman–Crippen MR) is 63.9 cm³/mol. The Kier molecular flexibility index (Phi) is 3.08. The summed E-state index contributed by atoms with van der Waals surface area (Å²) in [6, 6.07) is 7.37. The standard InChI is InChI=1S/C12H8ClFOS/c1-7-2-5-11(16-7)12(15)9-6-8(14)3-4-10(9)13/h2-6H,1H3. The van der Waals surface area contributed by atoms with Crippen LogP contribution in [0.15, 0.2) is 30.3 Å². The molecule has 4 heteroatoms. The maximum Gasteiger partial charge on any atom is 0.204 e. The van der Waals surface area contributed by atoms with Crippen LogP contribution in [0.2, 0.25) is 5.02 Å². The normalized spacial score (nSPS) is 10.4. The van der Waals surface area contributed by atoms with Gasteiger partial charge in [-0.1, -0.05) is 11.6 Å². The summed E-state index contributed by atoms with van der Waals surface area (Å²) in [5.41, 5.74) is 0.212. The molecule has 2 rings (SSSR count). The molecule has 1 aromatic heterocycles. The molecule has 0 spiro atoms. The van der Waals surface area contributed by atoms with Crippen molar-refractivity contribution < 1.29 is 9.18 Å². The van der Waals surface area contributed by atoms with Gasteiger partial charge < -0.3 is 0 Å². The van der Waals surface area contributed by atoms with Gasteiger partial charge in [0.25, 0.3) is 0 Å². The molecule has 0 radical (unpaired) electrons. The van der Waals surface area contributed by atoms with Crippen LogP contribution < -0.4 is 0 Å². The first kappa shape index (κ1) is 11.3. The Morgan fingerprint density at radius 2 is 2.06 bits per heavy atom. The maximum absolute atomic E-state index is 13.0. The minimum atomic E-state index is -0.457. The van der Waals surface area contributed by atoms with Crippen molar-refractivity contribution >= 4 is 28.7 Å². The number of ketones is 1. The van der Waals surface area contributed by atoms with Crippen molar-refractivity contribution in [1.82, 2.24) is 0 Å². The molecule has 0 saturated carbocycles. The lowest BCUT2D eigenvalue weighted by Gasteiger charge is -2.01. The summed E-state index contributed by atoms with van der Waals surface area (Å²) in [6.45, 7) is 1.91. The van der Waals surface area contributed by atoms with Gasteiger partial charge in [0, 0.05) is 10.4 Å². The van der Waals surface area contributed by atoms with E-state index in [0.29, 0.717) is 4.88 Å². The summed E-state index contributed by atoms with van der Waals surface area (Å²) in [6.07, 6.45) is 0. The Morgan fingerprint density at radius 3 is 2.69 bits per heavy atom. The highest BCUT2D eigenvalue weighted by Crippen LogP contribution is 2.24. The molecule has 16 heavy (non-hydrogen) atoms. The topological polar surface area (TPSA) is 17.1 Å². The van der Waals surface area contributed by atoms with E-state index in [1.807, 2.05) is 13.0 Å². The van der Waals surface area contributed by atoms with E-state index >= 15 is 0 Å². The van der Waals surface area contributed by atoms with E-state index in [-0.39, 0.29) is 16.4 Å². The summed E-state index contributed by atoms with van der Waals surface area (Å²) in [5, 5.41) is 0.275. The molecule has 0 N–H and O–H groups in total. The van der Waals surface area contributed by atoms with Gasteiger partial charge in [0.15, 0.2) is 0 Å². The van der Waals surface area contributed by atoms with Crippen LogP contribution in [-0.2, 0) is 0 Å². The first-order valence-corrected chi connectivity index (χ1v) is 5.83. The first-order chi connectivity index (χ1) is 7.58. The third-order valence-corrected chi connectivity index (χ3v) is 3.47. The first-order valence-electron chi connectivity index (χ1n) is 4.64. The lowest BCUT2D eigenvalue weighted by atomic mass is 10.1. The van der Waals surface area contributed by atoms with Crippen LogP contribution in [-0.4, -0.2) is 5.78 Å². The molecular formula is C12H8ClFOS. The van der Waals surface area contributed by atoms with E-state index in [1.54, 1.807) is 6.07 Å². The number of aryl methyl sites for hydroxylation is 1. The molecule has 0 amide bonds. The fourth-order valence-corrected chi connectivity index (χ4v) is 2.39. The zero-order valence-electron chi connectivity index (χ0n) is 8.46. The van der Waals surface area contributed by atoms with Gasteiger partial charge in [-0.25, -0.2) is 4.39 Å². The summed E-state index contributed by atoms with van der Waals surface area (Å²) in [5.74, 6) is -0.691. The van der Waals surface area contributed by atoms with Gasteiger partial charge in [-0.05, 0) is 37.3 Å². The van der Waals surface area contributed by atoms with Crippen molar-refractivity contribution in [2.24, 2.45) is 0 Å². The third-order valence-electron chi connectivity index (χ3n) is 2.14. The highest BCUT2D eigenvalue weighted by Gasteiger charge is 2.15. The highest BCUT2D eigenvalue weighted by molar-refractivity contribution is 7.14. The molecular weight excluding hydrogens is 247 g/mol. The van der Waals surface area contributed by atoms with E-state index in [9.17, 15) is 9.18 Å². The quantitative estimate of drug-likeness (QED) is 0.738. The molecule has 0 bridgehead atoms. The molecule has 0 aliphatic heterocycles. The molecule has 0 saturated heterocycles. The van der Waals surface area contributed by atoms with Crippen molar-refractivity contribution in [2.75, 3.05) is 0 Å². The molecule has 1 nitrogen and oxygen atoms in total. The minimum absolute atomic E-state index is 0.212. The number of carbonyl (C=O) groups is 1. The molecule has 0 aliphatic carbocycles. The van der Waals surface area contributed by atoms with Crippen LogP contribution in [0, 0.1) is 12.7 Å². The summed E-state index contributed by atoms with van der Waals surface area (Å²) in [4.78, 5) is 13.6. The molecule has 2 aromatic rings. The number of rotatable bonds is 2. The lowest BCUT2D eigenvalue weighted by molar-refractivity contribution is 0.104. The monoisotopic (exact) mass is 254 g/mol. The second-order valence-corrected chi connectivity index (χ2v) is 5.06. The van der Waals surface area contributed by atoms with Gasteiger partial charge in [0.1, 0.15) is 5.82 Å². The van der Waals surface area contributed by atoms with Crippen LogP contribution in [0.25, 0.3) is 0 Å². The van der Waals surface area contributed by atoms with Crippen molar-refractivity contribution in [3.63, 3.8) is 0 Å². The van der Waals surface area contributed by atoms with E-state index in [0.717, 1.165) is 4.88 Å². The fraction of sp³-hybridized carbons (Fsp3) is 0.0833. The number of thiophene rings is 1. The lowest BCUT2D eigenvalue weighted by Crippen LogP contribution is -2.00. The number of carbonyl (C=O) groups excluding carboxylic acids is 1. The van der Waals surface area contributed by atoms with Crippen LogP contribution in [0.4, 0.5) is 4.39 Å². The van der Waals surface area contributed by atoms with Crippen molar-refractivity contribution in [3.05, 3.63) is 56.5 Å². The average molecular weight is 255 g/mol. The molecule has 1 aromatic carbocycles. The van der Waals surface area contributed by atoms with E-state index < -0.39 is 5.82 Å². The molecule has 0 aliphatic rings. The summed E-state index contributed by atoms with van der Waals surface area (Å²) < 4.78 is 13.0. The van der Waals surface area contributed by atoms with E-state index in [4.69, 9.17) is 11.6 Å². The van der Waals surface area contributed by atoms with Crippen LogP contribution in [0.3, 0.4) is 0 Å². The van der Waals surface area contributed by atoms with Crippen molar-refractivity contribution in [1.29, 1.82) is 0 Å². The Bertz CT molecular complexity index is 548. The zero-order chi connectivity index (χ0) is 11.7. The van der Waals surface area contributed by atoms with Crippen LogP contribution in [0.1, 0.15) is 20.1 Å². The highest BCUT2D eigenvalue weighted by atomic mass is 35.5. The van der Waals surface area contributed by atoms with Crippen molar-refractivity contribution in [3.8, 4) is 0 Å². The maximum atomic E-state index is 13.0. The molecule has 0 unspecified atom stereocenters. The largest absolute Gasteiger partial charge is 0.288 e. The number of halogens is 2. The Hall–Kier alpha value is -1.19. The van der Waals surface area contributed by atoms with Gasteiger partial charge in [-0.2, -0.15) is 0 Å². The van der Waals surface area contributed by atoms with Gasteiger partial charge in [-0.15, -0.1) is 11.3 Å². The average Bonchev–Trinajstić information content (AvgIpc) is 2.67. The predicted octanol–water partition coefficient (Wildman–Crippen LogP) is 4.08. The SMILES string of the molecule is Cc1ccc(C(=O)c2cc(F)ccc2Cl)s1. The molecule has 82 valence electrons. The van der Waals surface area contributed by atoms with Crippen LogP contribution in [0.5, 0.6) is 0 Å². The molecule has 1 heterocycles. The Balaban J connectivity index is 2.45. The molecule has 0 atom stereocenters. The van der Waals surface area contributed by atoms with Crippen molar-refractivity contribution in [2.45, 2.75) is 6.92 Å². The van der Waals surface area contributed by atoms with E-state index in [1.165, 1.54) is 29.5 Å². The van der Waals surface area contributed by atoms with Crippen LogP contribution >= 0.6 is 22.9 Å². The second-order valence-electron chi connectivity index (χ2n) is 3.36. The molecule has 0 fully saturated rings. The Labute approximate surface area is 101 Å². The van der Waals surface area contributed by atoms with Gasteiger partial charge in [0.05, 0.1) is 9.90 Å². The van der Waals surface area contributed by atoms with Gasteiger partial charge in [0.2, 0.25) is 5.78 Å². The smallest absolute Gasteiger partial charge is 0.204 e. The third kappa shape index (κ3) is 2.15. The fourth-order valence-electron chi connectivity index (χ4n) is 1.36. The van der Waals surface area contributed by atoms with Gasteiger partial charge in [-0.3, -0.25) is 4.79 Å².